The largest absolute Gasteiger partial charge is 0.357 e. The lowest BCUT2D eigenvalue weighted by atomic mass is 9.79. The third-order valence-corrected chi connectivity index (χ3v) is 6.03. The molecule has 3 nitrogen and oxygen atoms in total. The number of aldehydes is 1. The van der Waals surface area contributed by atoms with E-state index < -0.39 is 5.60 Å². The number of carbonyl (C=O) groups excluding carboxylic acids is 2. The molecule has 0 amide bonds. The highest BCUT2D eigenvalue weighted by Crippen LogP contribution is 2.42. The topological polar surface area (TPSA) is 43.4 Å². The van der Waals surface area contributed by atoms with E-state index >= 15 is 0 Å². The molecule has 0 saturated heterocycles. The monoisotopic (exact) mass is 440 g/mol. The Hall–Kier alpha value is -3.26. The van der Waals surface area contributed by atoms with Crippen LogP contribution in [0.5, 0.6) is 0 Å². The summed E-state index contributed by atoms with van der Waals surface area (Å²) in [5.41, 5.74) is 3.00. The molecule has 0 saturated carbocycles. The molecule has 3 aromatic carbocycles. The van der Waals surface area contributed by atoms with Gasteiger partial charge in [-0.15, -0.1) is 0 Å². The number of rotatable bonds is 13. The predicted octanol–water partition coefficient (Wildman–Crippen LogP) is 6.68. The lowest BCUT2D eigenvalue weighted by Gasteiger charge is -2.39. The van der Waals surface area contributed by atoms with Crippen molar-refractivity contribution in [2.75, 3.05) is 0 Å². The van der Waals surface area contributed by atoms with Crippen molar-refractivity contribution in [2.24, 2.45) is 0 Å². The number of ether oxygens (including phenoxy) is 1. The van der Waals surface area contributed by atoms with E-state index in [1.165, 1.54) is 0 Å². The maximum Gasteiger partial charge on any atom is 0.144 e. The van der Waals surface area contributed by atoms with Gasteiger partial charge in [0, 0.05) is 18.4 Å². The third kappa shape index (κ3) is 6.16. The minimum Gasteiger partial charge on any atom is -0.357 e. The summed E-state index contributed by atoms with van der Waals surface area (Å²) in [6, 6.07) is 30.8. The van der Waals surface area contributed by atoms with Crippen molar-refractivity contribution in [3.05, 3.63) is 113 Å². The second-order valence-electron chi connectivity index (χ2n) is 8.23. The van der Waals surface area contributed by atoms with Gasteiger partial charge in [-0.05, 0) is 36.0 Å². The summed E-state index contributed by atoms with van der Waals surface area (Å²) in [5, 5.41) is 0. The number of hydrogen-bond donors (Lipinski definition) is 0. The molecule has 0 radical (unpaired) electrons. The van der Waals surface area contributed by atoms with Crippen molar-refractivity contribution in [3.63, 3.8) is 0 Å². The van der Waals surface area contributed by atoms with Crippen LogP contribution in [0.3, 0.4) is 0 Å². The molecule has 0 bridgehead atoms. The molecule has 170 valence electrons. The van der Waals surface area contributed by atoms with Gasteiger partial charge in [-0.1, -0.05) is 104 Å². The minimum absolute atomic E-state index is 0.200. The summed E-state index contributed by atoms with van der Waals surface area (Å²) in [6.45, 7) is 1.97. The van der Waals surface area contributed by atoms with Gasteiger partial charge in [0.1, 0.15) is 17.8 Å². The highest BCUT2D eigenvalue weighted by molar-refractivity contribution is 5.52. The van der Waals surface area contributed by atoms with E-state index in [0.717, 1.165) is 47.8 Å². The van der Waals surface area contributed by atoms with Gasteiger partial charge in [-0.2, -0.15) is 0 Å². The van der Waals surface area contributed by atoms with E-state index in [1.807, 2.05) is 61.5 Å². The van der Waals surface area contributed by atoms with Crippen molar-refractivity contribution < 1.29 is 14.3 Å². The highest BCUT2D eigenvalue weighted by Gasteiger charge is 2.39. The molecule has 0 aliphatic carbocycles. The summed E-state index contributed by atoms with van der Waals surface area (Å²) >= 11 is 0. The quantitative estimate of drug-likeness (QED) is 0.129. The fraction of sp³-hybridized carbons (Fsp3) is 0.300. The smallest absolute Gasteiger partial charge is 0.144 e. The zero-order valence-electron chi connectivity index (χ0n) is 19.3. The van der Waals surface area contributed by atoms with Crippen molar-refractivity contribution in [1.29, 1.82) is 0 Å². The van der Waals surface area contributed by atoms with Gasteiger partial charge >= 0.3 is 0 Å². The van der Waals surface area contributed by atoms with E-state index in [1.54, 1.807) is 0 Å². The molecule has 0 aromatic heterocycles. The average molecular weight is 441 g/mol. The highest BCUT2D eigenvalue weighted by atomic mass is 16.5. The van der Waals surface area contributed by atoms with Gasteiger partial charge in [-0.25, -0.2) is 4.79 Å². The Morgan fingerprint density at radius 3 is 1.73 bits per heavy atom. The number of benzene rings is 3. The van der Waals surface area contributed by atoms with Crippen LogP contribution in [0.15, 0.2) is 96.6 Å². The molecule has 0 spiro atoms. The minimum atomic E-state index is -0.832. The summed E-state index contributed by atoms with van der Waals surface area (Å²) in [6.07, 6.45) is 4.89. The fourth-order valence-electron chi connectivity index (χ4n) is 4.31. The molecule has 1 atom stereocenters. The van der Waals surface area contributed by atoms with Crippen LogP contribution in [0.2, 0.25) is 0 Å². The Labute approximate surface area is 197 Å². The van der Waals surface area contributed by atoms with E-state index in [9.17, 15) is 9.59 Å². The zero-order chi connectivity index (χ0) is 23.4. The second kappa shape index (κ2) is 12.7. The molecule has 0 aliphatic rings. The van der Waals surface area contributed by atoms with Gasteiger partial charge in [0.25, 0.3) is 0 Å². The van der Waals surface area contributed by atoms with Crippen LogP contribution in [-0.2, 0) is 19.9 Å². The van der Waals surface area contributed by atoms with Crippen molar-refractivity contribution >= 4 is 12.2 Å². The van der Waals surface area contributed by atoms with Gasteiger partial charge in [0.15, 0.2) is 0 Å². The van der Waals surface area contributed by atoms with Gasteiger partial charge in [-0.3, -0.25) is 0 Å². The van der Waals surface area contributed by atoms with Crippen LogP contribution >= 0.6 is 0 Å². The van der Waals surface area contributed by atoms with Crippen molar-refractivity contribution in [2.45, 2.75) is 57.2 Å². The first-order valence-electron chi connectivity index (χ1n) is 11.8. The van der Waals surface area contributed by atoms with Crippen LogP contribution in [0.1, 0.15) is 62.1 Å². The summed E-state index contributed by atoms with van der Waals surface area (Å²) < 4.78 is 7.12. The molecule has 1 unspecified atom stereocenters. The SMILES string of the molecule is CCC(=C=O)CC(CCCCC=O)OC(c1ccccc1)(c1ccccc1)c1ccccc1. The summed E-state index contributed by atoms with van der Waals surface area (Å²) in [5.74, 6) is 2.12. The molecular formula is C30H32O3. The first kappa shape index (κ1) is 24.4. The van der Waals surface area contributed by atoms with E-state index in [-0.39, 0.29) is 6.10 Å². The van der Waals surface area contributed by atoms with E-state index in [0.29, 0.717) is 19.3 Å². The van der Waals surface area contributed by atoms with Crippen LogP contribution in [0, 0.1) is 0 Å². The van der Waals surface area contributed by atoms with Gasteiger partial charge < -0.3 is 9.53 Å². The molecule has 0 heterocycles. The first-order valence-corrected chi connectivity index (χ1v) is 11.8. The summed E-state index contributed by atoms with van der Waals surface area (Å²) in [7, 11) is 0. The Morgan fingerprint density at radius 1 is 0.848 bits per heavy atom. The molecule has 0 N–H and O–H groups in total. The normalized spacial score (nSPS) is 12.0. The lowest BCUT2D eigenvalue weighted by Crippen LogP contribution is -2.37. The van der Waals surface area contributed by atoms with Crippen LogP contribution < -0.4 is 0 Å². The number of carbonyl (C=O) groups is 1. The van der Waals surface area contributed by atoms with E-state index in [4.69, 9.17) is 4.74 Å². The van der Waals surface area contributed by atoms with Crippen LogP contribution in [-0.4, -0.2) is 18.3 Å². The van der Waals surface area contributed by atoms with Gasteiger partial charge in [0.2, 0.25) is 0 Å². The molecule has 3 heteroatoms. The molecule has 0 aliphatic heterocycles. The van der Waals surface area contributed by atoms with Crippen molar-refractivity contribution in [1.82, 2.24) is 0 Å². The summed E-state index contributed by atoms with van der Waals surface area (Å²) in [4.78, 5) is 22.4. The standard InChI is InChI=1S/C30H32O3/c1-2-25(24-32)23-29(21-13-6-14-22-31)33-30(26-15-7-3-8-16-26,27-17-9-4-10-18-27)28-19-11-5-12-20-28/h3-5,7-12,15-20,22,29H,2,6,13-14,21,23H2,1H3. The molecule has 0 fully saturated rings. The molecular weight excluding hydrogens is 408 g/mol. The number of unbranched alkanes of at least 4 members (excludes halogenated alkanes) is 2. The molecule has 33 heavy (non-hydrogen) atoms. The lowest BCUT2D eigenvalue weighted by molar-refractivity contribution is -0.108. The second-order valence-corrected chi connectivity index (χ2v) is 8.23. The van der Waals surface area contributed by atoms with Crippen LogP contribution in [0.4, 0.5) is 0 Å². The van der Waals surface area contributed by atoms with Crippen molar-refractivity contribution in [3.8, 4) is 0 Å². The zero-order valence-corrected chi connectivity index (χ0v) is 19.3. The molecule has 3 rings (SSSR count). The Kier molecular flexibility index (Phi) is 9.38. The fourth-order valence-corrected chi connectivity index (χ4v) is 4.31. The molecule has 3 aromatic rings. The predicted molar refractivity (Wildman–Crippen MR) is 133 cm³/mol. The Bertz CT molecular complexity index is 925. The van der Waals surface area contributed by atoms with Crippen LogP contribution in [0.25, 0.3) is 0 Å². The van der Waals surface area contributed by atoms with E-state index in [2.05, 4.69) is 42.3 Å². The Balaban J connectivity index is 2.13. The Morgan fingerprint density at radius 2 is 1.33 bits per heavy atom. The van der Waals surface area contributed by atoms with Gasteiger partial charge in [0.05, 0.1) is 6.10 Å². The number of hydrogen-bond acceptors (Lipinski definition) is 3. The average Bonchev–Trinajstić information content (AvgIpc) is 2.89. The maximum absolute atomic E-state index is 11.6. The first-order chi connectivity index (χ1) is 16.2. The third-order valence-electron chi connectivity index (χ3n) is 6.03. The maximum atomic E-state index is 11.6.